The third-order valence-corrected chi connectivity index (χ3v) is 20.2. The zero-order valence-corrected chi connectivity index (χ0v) is 45.8. The normalized spacial score (nSPS) is 32.8. The molecule has 12 atom stereocenters. The molecule has 0 aromatic heterocycles. The highest BCUT2D eigenvalue weighted by Crippen LogP contribution is 2.44. The van der Waals surface area contributed by atoms with Crippen LogP contribution < -0.4 is 0 Å². The predicted molar refractivity (Wildman–Crippen MR) is 296 cm³/mol. The minimum atomic E-state index is -2.15. The summed E-state index contributed by atoms with van der Waals surface area (Å²) in [4.78, 5) is 24.9. The van der Waals surface area contributed by atoms with Gasteiger partial charge in [0.1, 0.15) is 24.4 Å². The molecule has 0 aromatic rings. The van der Waals surface area contributed by atoms with Crippen molar-refractivity contribution in [3.05, 3.63) is 85.1 Å². The van der Waals surface area contributed by atoms with Crippen molar-refractivity contribution in [3.63, 3.8) is 0 Å². The molecular formula is C60H98O12Si. The Kier molecular flexibility index (Phi) is 29.0. The van der Waals surface area contributed by atoms with Crippen molar-refractivity contribution in [1.82, 2.24) is 0 Å². The largest absolute Gasteiger partial charge is 0.456 e. The quantitative estimate of drug-likeness (QED) is 0.0695. The van der Waals surface area contributed by atoms with Crippen LogP contribution in [0.3, 0.4) is 0 Å². The Balaban J connectivity index is 0.000000518. The van der Waals surface area contributed by atoms with Gasteiger partial charge in [0.25, 0.3) is 0 Å². The Bertz CT molecular complexity index is 1900. The van der Waals surface area contributed by atoms with E-state index in [1.807, 2.05) is 26.0 Å². The Morgan fingerprint density at radius 1 is 0.740 bits per heavy atom. The number of esters is 2. The monoisotopic (exact) mass is 1040 g/mol. The molecule has 1 unspecified atom stereocenters. The Hall–Kier alpha value is -3.42. The molecule has 0 aromatic carbocycles. The zero-order valence-electron chi connectivity index (χ0n) is 44.8. The first-order chi connectivity index (χ1) is 33.6. The number of carbonyl (C=O) groups excluding carboxylic acids is 2. The molecule has 1 saturated heterocycles. The van der Waals surface area contributed by atoms with E-state index in [2.05, 4.69) is 105 Å². The van der Waals surface area contributed by atoms with Crippen molar-refractivity contribution >= 4 is 20.3 Å². The van der Waals surface area contributed by atoms with Crippen molar-refractivity contribution in [1.29, 1.82) is 0 Å². The topological polar surface area (TPSA) is 159 Å². The van der Waals surface area contributed by atoms with Crippen LogP contribution in [0.5, 0.6) is 0 Å². The number of ether oxygens (including phenoxy) is 6. The van der Waals surface area contributed by atoms with Gasteiger partial charge in [-0.1, -0.05) is 155 Å². The van der Waals surface area contributed by atoms with E-state index in [4.69, 9.17) is 32.8 Å². The van der Waals surface area contributed by atoms with E-state index in [1.165, 1.54) is 11.6 Å². The first-order valence-corrected chi connectivity index (χ1v) is 28.6. The van der Waals surface area contributed by atoms with Crippen LogP contribution in [-0.2, 0) is 42.4 Å². The van der Waals surface area contributed by atoms with Gasteiger partial charge < -0.3 is 48.2 Å². The fourth-order valence-electron chi connectivity index (χ4n) is 10.9. The predicted octanol–water partition coefficient (Wildman–Crippen LogP) is 11.9. The summed E-state index contributed by atoms with van der Waals surface area (Å²) in [5.74, 6) is 4.63. The van der Waals surface area contributed by atoms with E-state index in [0.29, 0.717) is 60.7 Å². The second kappa shape index (κ2) is 32.2. The van der Waals surface area contributed by atoms with E-state index in [-0.39, 0.29) is 57.9 Å². The molecule has 5 rings (SSSR count). The van der Waals surface area contributed by atoms with Crippen LogP contribution >= 0.6 is 0 Å². The van der Waals surface area contributed by atoms with Gasteiger partial charge in [0, 0.05) is 31.3 Å². The molecular weight excluding hydrogens is 941 g/mol. The molecule has 13 heteroatoms. The number of aliphatic hydroxyl groups excluding tert-OH is 3. The van der Waals surface area contributed by atoms with Gasteiger partial charge in [-0.25, -0.2) is 9.59 Å². The van der Waals surface area contributed by atoms with Crippen LogP contribution in [0.1, 0.15) is 161 Å². The van der Waals surface area contributed by atoms with Gasteiger partial charge in [-0.3, -0.25) is 0 Å². The lowest BCUT2D eigenvalue weighted by atomic mass is 9.91. The van der Waals surface area contributed by atoms with E-state index in [1.54, 1.807) is 18.2 Å². The van der Waals surface area contributed by atoms with Crippen LogP contribution in [0.15, 0.2) is 85.1 Å². The summed E-state index contributed by atoms with van der Waals surface area (Å²) < 4.78 is 42.8. The first-order valence-electron chi connectivity index (χ1n) is 26.4. The molecule has 73 heavy (non-hydrogen) atoms. The van der Waals surface area contributed by atoms with Crippen LogP contribution in [0, 0.1) is 23.7 Å². The molecule has 0 spiro atoms. The summed E-state index contributed by atoms with van der Waals surface area (Å²) in [5.41, 5.74) is 3.57. The van der Waals surface area contributed by atoms with E-state index in [0.717, 1.165) is 50.5 Å². The van der Waals surface area contributed by atoms with Gasteiger partial charge in [0.15, 0.2) is 5.79 Å². The fraction of sp³-hybridized carbons (Fsp3) is 0.700. The SMILES string of the molecule is C.C.C=C1CC(O[Si](C(C)C)(C(C)C)C(C)C)/C=C/C[C@@H]([C@@H]2COC(C)(C)O2)OC(=O)C#CC[C@@H]2C=CC[C@@H](C[C@@H](C)C1)O2.C=C1C[C@H](C)C[C@@H]2CC=C[C@@H](C/C=C\C(=O)O[C@H]([C@@H](O)CO)C/C=C/[C@H](O)C1)O2. The van der Waals surface area contributed by atoms with Gasteiger partial charge in [-0.2, -0.15) is 0 Å². The minimum absolute atomic E-state index is 0. The number of rotatable bonds is 8. The van der Waals surface area contributed by atoms with Gasteiger partial charge >= 0.3 is 11.9 Å². The average molecular weight is 1040 g/mol. The molecule has 5 aliphatic heterocycles. The Labute approximate surface area is 442 Å². The first kappa shape index (κ1) is 65.7. The molecule has 12 nitrogen and oxygen atoms in total. The maximum atomic E-state index is 12.8. The maximum absolute atomic E-state index is 12.8. The second-order valence-electron chi connectivity index (χ2n) is 22.0. The summed E-state index contributed by atoms with van der Waals surface area (Å²) >= 11 is 0. The lowest BCUT2D eigenvalue weighted by molar-refractivity contribution is -0.166. The summed E-state index contributed by atoms with van der Waals surface area (Å²) in [6.45, 7) is 30.5. The number of aliphatic hydroxyl groups is 3. The van der Waals surface area contributed by atoms with Crippen molar-refractivity contribution in [2.45, 2.75) is 245 Å². The van der Waals surface area contributed by atoms with Crippen LogP contribution in [0.25, 0.3) is 0 Å². The van der Waals surface area contributed by atoms with E-state index in [9.17, 15) is 24.9 Å². The van der Waals surface area contributed by atoms with Gasteiger partial charge in [0.2, 0.25) is 8.32 Å². The third kappa shape index (κ3) is 22.4. The molecule has 0 aliphatic carbocycles. The second-order valence-corrected chi connectivity index (χ2v) is 27.4. The van der Waals surface area contributed by atoms with Crippen molar-refractivity contribution < 1.29 is 57.8 Å². The number of fused-ring (bicyclic) bond motifs is 4. The van der Waals surface area contributed by atoms with Crippen molar-refractivity contribution in [2.75, 3.05) is 13.2 Å². The Morgan fingerprint density at radius 3 is 1.88 bits per heavy atom. The third-order valence-electron chi connectivity index (χ3n) is 14.0. The number of hydrogen-bond donors (Lipinski definition) is 3. The molecule has 0 amide bonds. The van der Waals surface area contributed by atoms with Gasteiger partial charge in [-0.15, -0.1) is 0 Å². The zero-order chi connectivity index (χ0) is 52.3. The molecule has 1 fully saturated rings. The van der Waals surface area contributed by atoms with E-state index < -0.39 is 57.1 Å². The molecule has 3 N–H and O–H groups in total. The maximum Gasteiger partial charge on any atom is 0.384 e. The minimum Gasteiger partial charge on any atom is -0.456 e. The highest BCUT2D eigenvalue weighted by atomic mass is 28.4. The van der Waals surface area contributed by atoms with Crippen molar-refractivity contribution in [3.8, 4) is 11.8 Å². The lowest BCUT2D eigenvalue weighted by Gasteiger charge is -2.44. The van der Waals surface area contributed by atoms with Gasteiger partial charge in [-0.05, 0) is 100 Å². The van der Waals surface area contributed by atoms with Gasteiger partial charge in [0.05, 0.1) is 49.8 Å². The molecule has 5 aliphatic rings. The standard InChI is InChI=1S/C35H56O6Si.C23H34O6.2CH4/c1-24(2)42(25(3)4,26(5)6)41-31-17-12-18-32(33-23-37-35(9,10)40-33)39-34(36)19-13-15-29-14-11-16-30(38-29)21-27(7)20-28(8)22-31;1-16-12-17(2)14-20-9-4-7-19(28-20)8-5-11-23(27)29-22(21(26)15-24)10-3-6-18(25)13-16;;/h11-12,14,17,24-27,29-33H,8,15-16,18,20-23H2,1-7,9-10H3;3-7,11,17-22,24-26H,1,8-10,12-15H2,2H3;2*1H4/b17-12+;6-3+,11-5-;;/t27-,29-,30-,31?,32-,33-;17-,18-,19-,20-,21-,22-;;/m00../s1. The average Bonchev–Trinajstić information content (AvgIpc) is 3.65. The lowest BCUT2D eigenvalue weighted by Crippen LogP contribution is -2.50. The highest BCUT2D eigenvalue weighted by Gasteiger charge is 2.46. The van der Waals surface area contributed by atoms with Crippen LogP contribution in [-0.4, -0.2) is 116 Å². The number of hydrogen-bond acceptors (Lipinski definition) is 12. The summed E-state index contributed by atoms with van der Waals surface area (Å²) in [7, 11) is -2.15. The number of cyclic esters (lactones) is 2. The molecule has 0 radical (unpaired) electrons. The smallest absolute Gasteiger partial charge is 0.384 e. The van der Waals surface area contributed by atoms with Crippen molar-refractivity contribution in [2.24, 2.45) is 11.8 Å². The molecule has 4 bridgehead atoms. The summed E-state index contributed by atoms with van der Waals surface area (Å²) in [6, 6.07) is 0. The fourth-order valence-corrected chi connectivity index (χ4v) is 16.4. The Morgan fingerprint density at radius 2 is 1.30 bits per heavy atom. The number of carbonyl (C=O) groups is 2. The summed E-state index contributed by atoms with van der Waals surface area (Å²) in [5, 5.41) is 29.4. The summed E-state index contributed by atoms with van der Waals surface area (Å²) in [6.07, 6.45) is 23.5. The molecule has 414 valence electrons. The molecule has 5 heterocycles. The molecule has 0 saturated carbocycles. The van der Waals surface area contributed by atoms with Crippen LogP contribution in [0.2, 0.25) is 16.6 Å². The van der Waals surface area contributed by atoms with Crippen LogP contribution in [0.4, 0.5) is 0 Å². The van der Waals surface area contributed by atoms with E-state index >= 15 is 0 Å². The highest BCUT2D eigenvalue weighted by molar-refractivity contribution is 6.77.